The highest BCUT2D eigenvalue weighted by Gasteiger charge is 2.35. The van der Waals surface area contributed by atoms with Crippen LogP contribution in [0.15, 0.2) is 29.3 Å². The van der Waals surface area contributed by atoms with Gasteiger partial charge in [0.2, 0.25) is 15.9 Å². The Bertz CT molecular complexity index is 991. The van der Waals surface area contributed by atoms with Crippen LogP contribution >= 0.6 is 0 Å². The summed E-state index contributed by atoms with van der Waals surface area (Å²) in [6.45, 7) is 4.33. The number of halogens is 2. The van der Waals surface area contributed by atoms with Crippen LogP contribution < -0.4 is 5.32 Å². The summed E-state index contributed by atoms with van der Waals surface area (Å²) in [6, 6.07) is 2.87. The van der Waals surface area contributed by atoms with E-state index in [0.29, 0.717) is 37.7 Å². The molecule has 1 saturated heterocycles. The van der Waals surface area contributed by atoms with Crippen LogP contribution in [0.2, 0.25) is 0 Å². The van der Waals surface area contributed by atoms with Crippen LogP contribution in [0.1, 0.15) is 25.5 Å². The maximum absolute atomic E-state index is 13.8. The standard InChI is InChI=1S/C18H22F2N4O3S/c1-3-23-11-17(12(2)22-23)28(26,27)24-8-4-5-13(10-24)18(25)21-16-7-6-14(19)9-15(16)20/h6-7,9,11,13H,3-5,8,10H2,1-2H3,(H,21,25)/t13-/m1/s1. The largest absolute Gasteiger partial charge is 0.323 e. The van der Waals surface area contributed by atoms with Crippen molar-refractivity contribution >= 4 is 21.6 Å². The summed E-state index contributed by atoms with van der Waals surface area (Å²) in [5, 5.41) is 6.60. The number of anilines is 1. The highest BCUT2D eigenvalue weighted by atomic mass is 32.2. The van der Waals surface area contributed by atoms with E-state index in [0.717, 1.165) is 12.1 Å². The van der Waals surface area contributed by atoms with Crippen molar-refractivity contribution in [1.82, 2.24) is 14.1 Å². The highest BCUT2D eigenvalue weighted by Crippen LogP contribution is 2.26. The lowest BCUT2D eigenvalue weighted by molar-refractivity contribution is -0.120. The number of aromatic nitrogens is 2. The van der Waals surface area contributed by atoms with E-state index in [1.54, 1.807) is 11.6 Å². The Labute approximate surface area is 162 Å². The first-order chi connectivity index (χ1) is 13.2. The summed E-state index contributed by atoms with van der Waals surface area (Å²) >= 11 is 0. The summed E-state index contributed by atoms with van der Waals surface area (Å²) < 4.78 is 55.6. The fourth-order valence-corrected chi connectivity index (χ4v) is 4.95. The number of benzene rings is 1. The predicted molar refractivity (Wildman–Crippen MR) is 99.1 cm³/mol. The number of carbonyl (C=O) groups excluding carboxylic acids is 1. The van der Waals surface area contributed by atoms with Gasteiger partial charge in [-0.2, -0.15) is 9.40 Å². The van der Waals surface area contributed by atoms with Crippen LogP contribution in [-0.4, -0.2) is 41.5 Å². The molecule has 0 bridgehead atoms. The number of carbonyl (C=O) groups is 1. The monoisotopic (exact) mass is 412 g/mol. The molecule has 1 aromatic carbocycles. The molecular formula is C18H22F2N4O3S. The molecule has 1 fully saturated rings. The summed E-state index contributed by atoms with van der Waals surface area (Å²) in [5.74, 6) is -2.74. The number of hydrogen-bond acceptors (Lipinski definition) is 4. The smallest absolute Gasteiger partial charge is 0.246 e. The molecule has 1 atom stereocenters. The number of nitrogens with one attached hydrogen (secondary N) is 1. The van der Waals surface area contributed by atoms with Crippen LogP contribution in [0.5, 0.6) is 0 Å². The Morgan fingerprint density at radius 1 is 1.36 bits per heavy atom. The quantitative estimate of drug-likeness (QED) is 0.818. The second-order valence-electron chi connectivity index (χ2n) is 6.75. The van der Waals surface area contributed by atoms with E-state index in [9.17, 15) is 22.0 Å². The van der Waals surface area contributed by atoms with Crippen molar-refractivity contribution < 1.29 is 22.0 Å². The molecule has 2 heterocycles. The molecule has 0 radical (unpaired) electrons. The maximum atomic E-state index is 13.8. The Morgan fingerprint density at radius 3 is 2.75 bits per heavy atom. The van der Waals surface area contributed by atoms with Gasteiger partial charge in [0.25, 0.3) is 0 Å². The first-order valence-electron chi connectivity index (χ1n) is 9.02. The molecule has 0 unspecified atom stereocenters. The van der Waals surface area contributed by atoms with Crippen molar-refractivity contribution in [3.8, 4) is 0 Å². The fourth-order valence-electron chi connectivity index (χ4n) is 3.25. The lowest BCUT2D eigenvalue weighted by atomic mass is 9.98. The molecule has 28 heavy (non-hydrogen) atoms. The number of aryl methyl sites for hydroxylation is 2. The molecule has 1 aliphatic heterocycles. The van der Waals surface area contributed by atoms with Gasteiger partial charge in [-0.15, -0.1) is 0 Å². The third kappa shape index (κ3) is 4.07. The molecule has 7 nitrogen and oxygen atoms in total. The molecule has 2 aromatic rings. The Morgan fingerprint density at radius 2 is 2.11 bits per heavy atom. The van der Waals surface area contributed by atoms with Gasteiger partial charge in [-0.3, -0.25) is 9.48 Å². The lowest BCUT2D eigenvalue weighted by Gasteiger charge is -2.31. The molecule has 1 aliphatic rings. The summed E-state index contributed by atoms with van der Waals surface area (Å²) in [7, 11) is -3.79. The van der Waals surface area contributed by atoms with Crippen LogP contribution in [0.25, 0.3) is 0 Å². The van der Waals surface area contributed by atoms with Crippen LogP contribution in [0.3, 0.4) is 0 Å². The number of sulfonamides is 1. The second kappa shape index (κ2) is 7.96. The van der Waals surface area contributed by atoms with Crippen LogP contribution in [-0.2, 0) is 21.4 Å². The predicted octanol–water partition coefficient (Wildman–Crippen LogP) is 2.53. The van der Waals surface area contributed by atoms with Gasteiger partial charge in [0.1, 0.15) is 16.5 Å². The minimum atomic E-state index is -3.79. The second-order valence-corrected chi connectivity index (χ2v) is 8.66. The van der Waals surface area contributed by atoms with Crippen molar-refractivity contribution in [2.24, 2.45) is 5.92 Å². The van der Waals surface area contributed by atoms with Crippen molar-refractivity contribution in [2.75, 3.05) is 18.4 Å². The third-order valence-corrected chi connectivity index (χ3v) is 6.76. The Kier molecular flexibility index (Phi) is 5.80. The van der Waals surface area contributed by atoms with Crippen LogP contribution in [0, 0.1) is 24.5 Å². The first kappa shape index (κ1) is 20.4. The average molecular weight is 412 g/mol. The number of amides is 1. The van der Waals surface area contributed by atoms with E-state index in [4.69, 9.17) is 0 Å². The maximum Gasteiger partial charge on any atom is 0.246 e. The van der Waals surface area contributed by atoms with Gasteiger partial charge in [0, 0.05) is 31.9 Å². The Balaban J connectivity index is 1.75. The van der Waals surface area contributed by atoms with Crippen molar-refractivity contribution in [3.63, 3.8) is 0 Å². The summed E-state index contributed by atoms with van der Waals surface area (Å²) in [6.07, 6.45) is 2.47. The van der Waals surface area contributed by atoms with E-state index in [1.165, 1.54) is 10.5 Å². The normalized spacial score (nSPS) is 18.2. The molecule has 3 rings (SSSR count). The van der Waals surface area contributed by atoms with E-state index in [1.807, 2.05) is 6.92 Å². The zero-order chi connectivity index (χ0) is 20.5. The van der Waals surface area contributed by atoms with Crippen molar-refractivity contribution in [2.45, 2.75) is 38.1 Å². The minimum absolute atomic E-state index is 0.00622. The summed E-state index contributed by atoms with van der Waals surface area (Å²) in [5.41, 5.74) is 0.272. The van der Waals surface area contributed by atoms with Gasteiger partial charge in [-0.25, -0.2) is 17.2 Å². The number of nitrogens with zero attached hydrogens (tertiary/aromatic N) is 3. The molecule has 0 saturated carbocycles. The zero-order valence-corrected chi connectivity index (χ0v) is 16.5. The third-order valence-electron chi connectivity index (χ3n) is 4.79. The lowest BCUT2D eigenvalue weighted by Crippen LogP contribution is -2.43. The fraction of sp³-hybridized carbons (Fsp3) is 0.444. The molecule has 1 N–H and O–H groups in total. The van der Waals surface area contributed by atoms with E-state index < -0.39 is 33.5 Å². The molecule has 1 amide bonds. The van der Waals surface area contributed by atoms with Crippen molar-refractivity contribution in [1.29, 1.82) is 0 Å². The first-order valence-corrected chi connectivity index (χ1v) is 10.5. The van der Waals surface area contributed by atoms with Gasteiger partial charge in [0.15, 0.2) is 0 Å². The topological polar surface area (TPSA) is 84.3 Å². The molecular weight excluding hydrogens is 390 g/mol. The molecule has 1 aromatic heterocycles. The van der Waals surface area contributed by atoms with Gasteiger partial charge < -0.3 is 5.32 Å². The van der Waals surface area contributed by atoms with E-state index >= 15 is 0 Å². The number of piperidine rings is 1. The molecule has 10 heteroatoms. The van der Waals surface area contributed by atoms with Gasteiger partial charge in [-0.1, -0.05) is 0 Å². The molecule has 0 aliphatic carbocycles. The molecule has 152 valence electrons. The van der Waals surface area contributed by atoms with Gasteiger partial charge >= 0.3 is 0 Å². The van der Waals surface area contributed by atoms with E-state index in [-0.39, 0.29) is 17.1 Å². The van der Waals surface area contributed by atoms with Crippen LogP contribution in [0.4, 0.5) is 14.5 Å². The minimum Gasteiger partial charge on any atom is -0.323 e. The number of rotatable bonds is 5. The SMILES string of the molecule is CCn1cc(S(=O)(=O)N2CCC[C@@H](C(=O)Nc3ccc(F)cc3F)C2)c(C)n1. The van der Waals surface area contributed by atoms with Crippen molar-refractivity contribution in [3.05, 3.63) is 41.7 Å². The summed E-state index contributed by atoms with van der Waals surface area (Å²) in [4.78, 5) is 12.6. The van der Waals surface area contributed by atoms with Gasteiger partial charge in [-0.05, 0) is 38.8 Å². The average Bonchev–Trinajstić information content (AvgIpc) is 3.06. The Hall–Kier alpha value is -2.33. The molecule has 0 spiro atoms. The van der Waals surface area contributed by atoms with Gasteiger partial charge in [0.05, 0.1) is 17.3 Å². The zero-order valence-electron chi connectivity index (χ0n) is 15.7. The highest BCUT2D eigenvalue weighted by molar-refractivity contribution is 7.89. The van der Waals surface area contributed by atoms with E-state index in [2.05, 4.69) is 10.4 Å². The number of hydrogen-bond donors (Lipinski definition) is 1.